The summed E-state index contributed by atoms with van der Waals surface area (Å²) in [6.07, 6.45) is 0.0752. The molecule has 1 unspecified atom stereocenters. The highest BCUT2D eigenvalue weighted by atomic mass is 16.4. The maximum Gasteiger partial charge on any atom is 0.331 e. The van der Waals surface area contributed by atoms with Crippen LogP contribution in [-0.4, -0.2) is 14.0 Å². The van der Waals surface area contributed by atoms with E-state index in [-0.39, 0.29) is 6.10 Å². The lowest BCUT2D eigenvalue weighted by atomic mass is 9.87. The van der Waals surface area contributed by atoms with Crippen molar-refractivity contribution in [3.05, 3.63) is 29.8 Å². The van der Waals surface area contributed by atoms with E-state index in [1.807, 2.05) is 18.2 Å². The first-order valence-corrected chi connectivity index (χ1v) is 3.69. The molecule has 1 aromatic rings. The number of fused-ring (bicyclic) bond motifs is 1. The first-order chi connectivity index (χ1) is 5.42. The monoisotopic (exact) mass is 146 g/mol. The molecule has 1 atom stereocenters. The summed E-state index contributed by atoms with van der Waals surface area (Å²) in [5, 5.41) is 0. The molecule has 2 nitrogen and oxygen atoms in total. The smallest absolute Gasteiger partial charge is 0.331 e. The Morgan fingerprint density at radius 3 is 3.09 bits per heavy atom. The van der Waals surface area contributed by atoms with Crippen molar-refractivity contribution in [3.8, 4) is 0 Å². The van der Waals surface area contributed by atoms with Gasteiger partial charge in [-0.1, -0.05) is 24.3 Å². The third-order valence-electron chi connectivity index (χ3n) is 1.92. The van der Waals surface area contributed by atoms with Crippen LogP contribution < -0.4 is 11.2 Å². The van der Waals surface area contributed by atoms with Crippen LogP contribution in [0.5, 0.6) is 0 Å². The van der Waals surface area contributed by atoms with E-state index in [1.54, 1.807) is 7.48 Å². The normalized spacial score (nSPS) is 21.0. The van der Waals surface area contributed by atoms with Crippen LogP contribution in [0, 0.1) is 0 Å². The Bertz CT molecular complexity index is 264. The van der Waals surface area contributed by atoms with Crippen LogP contribution in [0.25, 0.3) is 0 Å². The summed E-state index contributed by atoms with van der Waals surface area (Å²) in [5.41, 5.74) is 7.86. The summed E-state index contributed by atoms with van der Waals surface area (Å²) in [6, 6.07) is 8.09. The number of hydrogen-bond acceptors (Lipinski definition) is 2. The lowest BCUT2D eigenvalue weighted by Crippen LogP contribution is -2.12. The Morgan fingerprint density at radius 2 is 2.27 bits per heavy atom. The van der Waals surface area contributed by atoms with Gasteiger partial charge >= 0.3 is 7.48 Å². The van der Waals surface area contributed by atoms with Crippen molar-refractivity contribution in [1.82, 2.24) is 0 Å². The van der Waals surface area contributed by atoms with Gasteiger partial charge in [0.05, 0.1) is 6.10 Å². The molecule has 2 rings (SSSR count). The van der Waals surface area contributed by atoms with E-state index in [0.717, 1.165) is 5.46 Å². The highest BCUT2D eigenvalue weighted by Gasteiger charge is 2.21. The maximum atomic E-state index is 5.50. The zero-order valence-electron chi connectivity index (χ0n) is 6.16. The maximum absolute atomic E-state index is 5.50. The van der Waals surface area contributed by atoms with Crippen molar-refractivity contribution in [2.24, 2.45) is 5.73 Å². The van der Waals surface area contributed by atoms with E-state index in [0.29, 0.717) is 6.54 Å². The molecule has 0 aliphatic carbocycles. The molecule has 0 aromatic heterocycles. The summed E-state index contributed by atoms with van der Waals surface area (Å²) >= 11 is 0. The van der Waals surface area contributed by atoms with Crippen molar-refractivity contribution in [2.75, 3.05) is 6.54 Å². The minimum Gasteiger partial charge on any atom is -0.426 e. The van der Waals surface area contributed by atoms with Crippen LogP contribution in [0.2, 0.25) is 0 Å². The third-order valence-corrected chi connectivity index (χ3v) is 1.92. The fourth-order valence-electron chi connectivity index (χ4n) is 1.32. The van der Waals surface area contributed by atoms with E-state index in [1.165, 1.54) is 5.56 Å². The van der Waals surface area contributed by atoms with E-state index in [2.05, 4.69) is 6.07 Å². The fraction of sp³-hybridized carbons (Fsp3) is 0.250. The lowest BCUT2D eigenvalue weighted by Gasteiger charge is -2.07. The second-order valence-electron chi connectivity index (χ2n) is 2.61. The van der Waals surface area contributed by atoms with Crippen molar-refractivity contribution in [3.63, 3.8) is 0 Å². The molecule has 1 aliphatic rings. The van der Waals surface area contributed by atoms with E-state index in [4.69, 9.17) is 10.4 Å². The first-order valence-electron chi connectivity index (χ1n) is 3.69. The predicted molar refractivity (Wildman–Crippen MR) is 44.7 cm³/mol. The van der Waals surface area contributed by atoms with Crippen molar-refractivity contribution >= 4 is 12.9 Å². The predicted octanol–water partition coefficient (Wildman–Crippen LogP) is -0.0389. The van der Waals surface area contributed by atoms with Gasteiger partial charge in [0.1, 0.15) is 0 Å². The molecule has 0 saturated carbocycles. The molecule has 1 aliphatic heterocycles. The molecule has 11 heavy (non-hydrogen) atoms. The fourth-order valence-corrected chi connectivity index (χ4v) is 1.32. The Kier molecular flexibility index (Phi) is 1.68. The van der Waals surface area contributed by atoms with E-state index < -0.39 is 0 Å². The number of nitrogens with two attached hydrogens (primary N) is 1. The standard InChI is InChI=1S/C8H9BNO/c10-5-8-6-3-1-2-4-7(6)9-11-8/h1-4,8H,5,10H2. The molecule has 2 N–H and O–H groups in total. The molecule has 1 aromatic carbocycles. The molecule has 0 spiro atoms. The van der Waals surface area contributed by atoms with Gasteiger partial charge in [-0.3, -0.25) is 0 Å². The highest BCUT2D eigenvalue weighted by Crippen LogP contribution is 2.18. The van der Waals surface area contributed by atoms with Crippen molar-refractivity contribution in [1.29, 1.82) is 0 Å². The summed E-state index contributed by atoms with van der Waals surface area (Å²) in [5.74, 6) is 0. The molecule has 0 bridgehead atoms. The Hall–Kier alpha value is -0.795. The second kappa shape index (κ2) is 2.68. The summed E-state index contributed by atoms with van der Waals surface area (Å²) in [7, 11) is 1.77. The van der Waals surface area contributed by atoms with Crippen LogP contribution in [0.15, 0.2) is 24.3 Å². The molecular formula is C8H9BNO. The Labute approximate surface area is 66.6 Å². The molecular weight excluding hydrogens is 137 g/mol. The molecule has 0 fully saturated rings. The van der Waals surface area contributed by atoms with Crippen LogP contribution in [0.1, 0.15) is 11.7 Å². The Balaban J connectivity index is 2.39. The van der Waals surface area contributed by atoms with Crippen molar-refractivity contribution in [2.45, 2.75) is 6.10 Å². The van der Waals surface area contributed by atoms with Gasteiger partial charge < -0.3 is 10.4 Å². The molecule has 0 amide bonds. The van der Waals surface area contributed by atoms with Crippen LogP contribution in [0.4, 0.5) is 0 Å². The summed E-state index contributed by atoms with van der Waals surface area (Å²) in [4.78, 5) is 0. The van der Waals surface area contributed by atoms with Gasteiger partial charge in [-0.05, 0) is 11.0 Å². The van der Waals surface area contributed by atoms with Gasteiger partial charge in [0.15, 0.2) is 0 Å². The summed E-state index contributed by atoms with van der Waals surface area (Å²) < 4.78 is 5.32. The average Bonchev–Trinajstić information content (AvgIpc) is 2.47. The molecule has 1 radical (unpaired) electrons. The van der Waals surface area contributed by atoms with Gasteiger partial charge in [-0.15, -0.1) is 0 Å². The van der Waals surface area contributed by atoms with Crippen LogP contribution in [0.3, 0.4) is 0 Å². The third kappa shape index (κ3) is 1.06. The Morgan fingerprint density at radius 1 is 1.45 bits per heavy atom. The number of rotatable bonds is 1. The second-order valence-corrected chi connectivity index (χ2v) is 2.61. The van der Waals surface area contributed by atoms with E-state index in [9.17, 15) is 0 Å². The molecule has 0 saturated heterocycles. The zero-order valence-corrected chi connectivity index (χ0v) is 6.16. The molecule has 55 valence electrons. The lowest BCUT2D eigenvalue weighted by molar-refractivity contribution is 0.243. The van der Waals surface area contributed by atoms with E-state index >= 15 is 0 Å². The number of benzene rings is 1. The average molecular weight is 146 g/mol. The van der Waals surface area contributed by atoms with Crippen LogP contribution in [-0.2, 0) is 4.65 Å². The minimum atomic E-state index is 0.0752. The first kappa shape index (κ1) is 6.89. The largest absolute Gasteiger partial charge is 0.426 e. The summed E-state index contributed by atoms with van der Waals surface area (Å²) in [6.45, 7) is 0.549. The topological polar surface area (TPSA) is 35.2 Å². The van der Waals surface area contributed by atoms with Gasteiger partial charge in [-0.25, -0.2) is 0 Å². The molecule has 3 heteroatoms. The van der Waals surface area contributed by atoms with Gasteiger partial charge in [0, 0.05) is 6.54 Å². The van der Waals surface area contributed by atoms with Crippen LogP contribution >= 0.6 is 0 Å². The SMILES string of the molecule is NCC1O[B]c2ccccc21. The van der Waals surface area contributed by atoms with Gasteiger partial charge in [-0.2, -0.15) is 0 Å². The zero-order chi connectivity index (χ0) is 7.68. The number of hydrogen-bond donors (Lipinski definition) is 1. The van der Waals surface area contributed by atoms with Crippen molar-refractivity contribution < 1.29 is 4.65 Å². The van der Waals surface area contributed by atoms with Gasteiger partial charge in [0.25, 0.3) is 0 Å². The molecule has 1 heterocycles. The van der Waals surface area contributed by atoms with Gasteiger partial charge in [0.2, 0.25) is 0 Å². The quantitative estimate of drug-likeness (QED) is 0.564. The minimum absolute atomic E-state index is 0.0752. The highest BCUT2D eigenvalue weighted by molar-refractivity contribution is 6.49.